The molecule has 0 saturated heterocycles. The molecule has 2 N–H and O–H groups in total. The molecule has 3 nitrogen and oxygen atoms in total. The second kappa shape index (κ2) is 16.1. The Balaban J connectivity index is 0. The Morgan fingerprint density at radius 3 is 2.20 bits per heavy atom. The van der Waals surface area contributed by atoms with Crippen molar-refractivity contribution in [3.8, 4) is 0 Å². The van der Waals surface area contributed by atoms with Gasteiger partial charge in [0.25, 0.3) is 0 Å². The molecule has 0 rings (SSSR count). The van der Waals surface area contributed by atoms with Crippen molar-refractivity contribution in [1.29, 1.82) is 0 Å². The Hall–Kier alpha value is -0.350. The summed E-state index contributed by atoms with van der Waals surface area (Å²) in [7, 11) is 0. The summed E-state index contributed by atoms with van der Waals surface area (Å²) in [6.07, 6.45) is 5.40. The fourth-order valence-corrected chi connectivity index (χ4v) is 2.00. The van der Waals surface area contributed by atoms with Gasteiger partial charge in [0.2, 0.25) is 0 Å². The van der Waals surface area contributed by atoms with Crippen molar-refractivity contribution >= 4 is 25.2 Å². The van der Waals surface area contributed by atoms with Crippen LogP contribution >= 0.6 is 11.8 Å². The Morgan fingerprint density at radius 1 is 1.27 bits per heavy atom. The Morgan fingerprint density at radius 2 is 1.87 bits per heavy atom. The summed E-state index contributed by atoms with van der Waals surface area (Å²) >= 11 is 1.87. The molecule has 15 heavy (non-hydrogen) atoms. The van der Waals surface area contributed by atoms with Crippen LogP contribution < -0.4 is 5.73 Å². The van der Waals surface area contributed by atoms with Crippen LogP contribution in [0, 0.1) is 5.92 Å². The second-order valence-corrected chi connectivity index (χ2v) is 4.31. The molecule has 0 aliphatic heterocycles. The Labute approximate surface area is 98.6 Å². The molecule has 0 amide bonds. The molecular formula is C11H25N3S. The van der Waals surface area contributed by atoms with E-state index in [0.29, 0.717) is 0 Å². The van der Waals surface area contributed by atoms with Gasteiger partial charge in [-0.1, -0.05) is 33.1 Å². The summed E-state index contributed by atoms with van der Waals surface area (Å²) in [6.45, 7) is 10.5. The predicted octanol–water partition coefficient (Wildman–Crippen LogP) is 3.15. The van der Waals surface area contributed by atoms with E-state index in [1.54, 1.807) is 0 Å². The van der Waals surface area contributed by atoms with Crippen molar-refractivity contribution in [2.24, 2.45) is 21.9 Å². The van der Waals surface area contributed by atoms with Gasteiger partial charge in [0.05, 0.1) is 0 Å². The van der Waals surface area contributed by atoms with Gasteiger partial charge in [0, 0.05) is 19.3 Å². The lowest BCUT2D eigenvalue weighted by atomic mass is 10.0. The Bertz CT molecular complexity index is 126. The van der Waals surface area contributed by atoms with Gasteiger partial charge in [-0.15, -0.1) is 11.8 Å². The molecule has 0 aromatic heterocycles. The van der Waals surface area contributed by atoms with Crippen LogP contribution in [0.2, 0.25) is 0 Å². The number of hydrogen-bond acceptors (Lipinski definition) is 4. The van der Waals surface area contributed by atoms with Crippen LogP contribution in [0.1, 0.15) is 39.5 Å². The quantitative estimate of drug-likeness (QED) is 0.396. The predicted molar refractivity (Wildman–Crippen MR) is 73.9 cm³/mol. The summed E-state index contributed by atoms with van der Waals surface area (Å²) in [6, 6.07) is 0. The number of thioether (sulfide) groups is 1. The molecule has 0 radical (unpaired) electrons. The van der Waals surface area contributed by atoms with Crippen LogP contribution in [0.25, 0.3) is 0 Å². The number of nitrogens with two attached hydrogens (primary N) is 1. The molecule has 0 aromatic carbocycles. The molecule has 0 saturated carbocycles. The number of nitrogens with zero attached hydrogens (tertiary/aromatic N) is 2. The maximum atomic E-state index is 5.42. The highest BCUT2D eigenvalue weighted by atomic mass is 32.2. The monoisotopic (exact) mass is 231 g/mol. The first kappa shape index (κ1) is 17.1. The molecule has 0 aliphatic carbocycles. The lowest BCUT2D eigenvalue weighted by Gasteiger charge is -2.12. The third-order valence-electron chi connectivity index (χ3n) is 2.11. The topological polar surface area (TPSA) is 50.7 Å². The SMILES string of the molecule is C=NN=C.CCCCC(CC)CSCN. The molecule has 4 heteroatoms. The average molecular weight is 231 g/mol. The van der Waals surface area contributed by atoms with Gasteiger partial charge in [0.1, 0.15) is 0 Å². The third kappa shape index (κ3) is 16.3. The maximum Gasteiger partial charge on any atom is 0.0392 e. The van der Waals surface area contributed by atoms with Gasteiger partial charge in [-0.25, -0.2) is 0 Å². The largest absolute Gasteiger partial charge is 0.322 e. The fourth-order valence-electron chi connectivity index (χ4n) is 1.13. The maximum absolute atomic E-state index is 5.42. The lowest BCUT2D eigenvalue weighted by Crippen LogP contribution is -2.05. The van der Waals surface area contributed by atoms with E-state index in [0.717, 1.165) is 11.8 Å². The molecule has 0 fully saturated rings. The van der Waals surface area contributed by atoms with Gasteiger partial charge < -0.3 is 5.73 Å². The van der Waals surface area contributed by atoms with Crippen molar-refractivity contribution < 1.29 is 0 Å². The fraction of sp³-hybridized carbons (Fsp3) is 0.818. The zero-order valence-corrected chi connectivity index (χ0v) is 10.9. The highest BCUT2D eigenvalue weighted by Gasteiger charge is 2.04. The van der Waals surface area contributed by atoms with Crippen molar-refractivity contribution in [2.45, 2.75) is 39.5 Å². The molecule has 0 spiro atoms. The molecule has 0 aliphatic rings. The average Bonchev–Trinajstić information content (AvgIpc) is 2.30. The summed E-state index contributed by atoms with van der Waals surface area (Å²) in [5.41, 5.74) is 5.42. The van der Waals surface area contributed by atoms with Crippen LogP contribution in [-0.4, -0.2) is 25.1 Å². The molecular weight excluding hydrogens is 206 g/mol. The van der Waals surface area contributed by atoms with Crippen LogP contribution in [0.5, 0.6) is 0 Å². The third-order valence-corrected chi connectivity index (χ3v) is 3.06. The van der Waals surface area contributed by atoms with E-state index in [-0.39, 0.29) is 0 Å². The van der Waals surface area contributed by atoms with E-state index in [9.17, 15) is 0 Å². The molecule has 0 heterocycles. The van der Waals surface area contributed by atoms with Gasteiger partial charge in [0.15, 0.2) is 0 Å². The first-order chi connectivity index (χ1) is 7.26. The molecule has 1 unspecified atom stereocenters. The summed E-state index contributed by atoms with van der Waals surface area (Å²) in [4.78, 5) is 0. The molecule has 1 atom stereocenters. The minimum absolute atomic E-state index is 0.780. The summed E-state index contributed by atoms with van der Waals surface area (Å²) in [5.74, 6) is 2.94. The highest BCUT2D eigenvalue weighted by molar-refractivity contribution is 7.99. The number of rotatable bonds is 8. The minimum Gasteiger partial charge on any atom is -0.322 e. The Kier molecular flexibility index (Phi) is 18.3. The summed E-state index contributed by atoms with van der Waals surface area (Å²) in [5, 5.41) is 6.00. The van der Waals surface area contributed by atoms with Gasteiger partial charge in [-0.05, 0) is 18.1 Å². The van der Waals surface area contributed by atoms with Crippen molar-refractivity contribution in [3.05, 3.63) is 0 Å². The van der Waals surface area contributed by atoms with E-state index in [1.165, 1.54) is 31.4 Å². The van der Waals surface area contributed by atoms with E-state index in [4.69, 9.17) is 5.73 Å². The van der Waals surface area contributed by atoms with Crippen molar-refractivity contribution in [1.82, 2.24) is 0 Å². The van der Waals surface area contributed by atoms with Crippen molar-refractivity contribution in [3.63, 3.8) is 0 Å². The lowest BCUT2D eigenvalue weighted by molar-refractivity contribution is 0.499. The second-order valence-electron chi connectivity index (χ2n) is 3.24. The van der Waals surface area contributed by atoms with Crippen molar-refractivity contribution in [2.75, 3.05) is 11.6 Å². The number of hydrogen-bond donors (Lipinski definition) is 1. The first-order valence-electron chi connectivity index (χ1n) is 5.46. The molecule has 90 valence electrons. The minimum atomic E-state index is 0.780. The van der Waals surface area contributed by atoms with E-state index >= 15 is 0 Å². The van der Waals surface area contributed by atoms with Gasteiger partial charge >= 0.3 is 0 Å². The smallest absolute Gasteiger partial charge is 0.0392 e. The standard InChI is InChI=1S/C9H21NS.C2H4N2/c1-3-5-6-9(4-2)7-11-8-10;1-3-4-2/h9H,3-8,10H2,1-2H3;1-2H2. The van der Waals surface area contributed by atoms with E-state index < -0.39 is 0 Å². The molecule has 0 bridgehead atoms. The number of unbranched alkanes of at least 4 members (excludes halogenated alkanes) is 1. The summed E-state index contributed by atoms with van der Waals surface area (Å²) < 4.78 is 0. The normalized spacial score (nSPS) is 11.1. The zero-order chi connectivity index (χ0) is 11.9. The van der Waals surface area contributed by atoms with Gasteiger partial charge in [-0.3, -0.25) is 0 Å². The zero-order valence-electron chi connectivity index (χ0n) is 10.1. The van der Waals surface area contributed by atoms with E-state index in [1.807, 2.05) is 11.8 Å². The van der Waals surface area contributed by atoms with E-state index in [2.05, 4.69) is 37.5 Å². The van der Waals surface area contributed by atoms with Crippen LogP contribution in [0.3, 0.4) is 0 Å². The van der Waals surface area contributed by atoms with Crippen LogP contribution in [0.15, 0.2) is 10.2 Å². The van der Waals surface area contributed by atoms with Gasteiger partial charge in [-0.2, -0.15) is 10.2 Å². The van der Waals surface area contributed by atoms with Crippen LogP contribution in [-0.2, 0) is 0 Å². The first-order valence-corrected chi connectivity index (χ1v) is 6.61. The molecule has 0 aromatic rings. The highest BCUT2D eigenvalue weighted by Crippen LogP contribution is 2.17. The van der Waals surface area contributed by atoms with Crippen LogP contribution in [0.4, 0.5) is 0 Å².